The number of anilines is 1. The summed E-state index contributed by atoms with van der Waals surface area (Å²) in [6, 6.07) is 0. The Morgan fingerprint density at radius 1 is 1.59 bits per heavy atom. The van der Waals surface area contributed by atoms with Gasteiger partial charge in [-0.3, -0.25) is 0 Å². The second kappa shape index (κ2) is 5.08. The van der Waals surface area contributed by atoms with Crippen LogP contribution in [0.15, 0.2) is 0 Å². The van der Waals surface area contributed by atoms with Crippen molar-refractivity contribution >= 4 is 22.3 Å². The van der Waals surface area contributed by atoms with Crippen molar-refractivity contribution in [3.8, 4) is 0 Å². The van der Waals surface area contributed by atoms with Gasteiger partial charge in [0.25, 0.3) is 0 Å². The van der Waals surface area contributed by atoms with Crippen molar-refractivity contribution in [2.45, 2.75) is 39.0 Å². The molecular formula is C13H19NO2S. The molecule has 3 nitrogen and oxygen atoms in total. The molecule has 17 heavy (non-hydrogen) atoms. The van der Waals surface area contributed by atoms with Crippen LogP contribution in [0.1, 0.15) is 47.0 Å². The number of nitrogen functional groups attached to an aromatic ring is 1. The predicted octanol–water partition coefficient (Wildman–Crippen LogP) is 3.02. The topological polar surface area (TPSA) is 52.3 Å². The van der Waals surface area contributed by atoms with E-state index in [0.29, 0.717) is 10.6 Å². The Balaban J connectivity index is 2.27. The molecule has 0 saturated carbocycles. The Morgan fingerprint density at radius 3 is 3.00 bits per heavy atom. The van der Waals surface area contributed by atoms with Gasteiger partial charge in [0.05, 0.1) is 12.7 Å². The molecule has 0 spiro atoms. The Morgan fingerprint density at radius 2 is 2.35 bits per heavy atom. The van der Waals surface area contributed by atoms with E-state index in [1.807, 2.05) is 0 Å². The second-order valence-electron chi connectivity index (χ2n) is 4.63. The highest BCUT2D eigenvalue weighted by Crippen LogP contribution is 2.39. The van der Waals surface area contributed by atoms with Crippen LogP contribution >= 0.6 is 11.3 Å². The van der Waals surface area contributed by atoms with E-state index in [4.69, 9.17) is 10.5 Å². The molecule has 0 amide bonds. The first-order valence-corrected chi connectivity index (χ1v) is 6.97. The second-order valence-corrected chi connectivity index (χ2v) is 5.77. The summed E-state index contributed by atoms with van der Waals surface area (Å²) in [6.07, 6.45) is 5.71. The van der Waals surface area contributed by atoms with E-state index in [1.165, 1.54) is 31.2 Å². The summed E-state index contributed by atoms with van der Waals surface area (Å²) in [5, 5.41) is 0.624. The molecule has 4 heteroatoms. The lowest BCUT2D eigenvalue weighted by atomic mass is 9.84. The van der Waals surface area contributed by atoms with Crippen molar-refractivity contribution in [2.24, 2.45) is 5.92 Å². The number of carbonyl (C=O) groups is 1. The third-order valence-electron chi connectivity index (χ3n) is 3.48. The summed E-state index contributed by atoms with van der Waals surface area (Å²) >= 11 is 1.57. The highest BCUT2D eigenvalue weighted by molar-refractivity contribution is 7.16. The summed E-state index contributed by atoms with van der Waals surface area (Å²) in [4.78, 5) is 13.0. The summed E-state index contributed by atoms with van der Waals surface area (Å²) in [5.41, 5.74) is 7.71. The van der Waals surface area contributed by atoms with Gasteiger partial charge < -0.3 is 10.5 Å². The molecule has 1 aromatic heterocycles. The summed E-state index contributed by atoms with van der Waals surface area (Å²) in [7, 11) is 1.41. The average Bonchev–Trinajstić information content (AvgIpc) is 2.64. The van der Waals surface area contributed by atoms with Gasteiger partial charge in [0.1, 0.15) is 5.00 Å². The van der Waals surface area contributed by atoms with E-state index in [2.05, 4.69) is 6.92 Å². The molecule has 1 heterocycles. The van der Waals surface area contributed by atoms with Crippen LogP contribution in [0, 0.1) is 5.92 Å². The lowest BCUT2D eigenvalue weighted by molar-refractivity contribution is 0.0601. The molecule has 1 atom stereocenters. The van der Waals surface area contributed by atoms with Gasteiger partial charge >= 0.3 is 5.97 Å². The maximum Gasteiger partial charge on any atom is 0.341 e. The minimum absolute atomic E-state index is 0.283. The highest BCUT2D eigenvalue weighted by atomic mass is 32.1. The Kier molecular flexibility index (Phi) is 3.72. The fraction of sp³-hybridized carbons (Fsp3) is 0.615. The van der Waals surface area contributed by atoms with Crippen molar-refractivity contribution in [1.82, 2.24) is 0 Å². The van der Waals surface area contributed by atoms with Crippen LogP contribution < -0.4 is 5.73 Å². The van der Waals surface area contributed by atoms with Gasteiger partial charge in [0.15, 0.2) is 0 Å². The van der Waals surface area contributed by atoms with Gasteiger partial charge in [-0.25, -0.2) is 4.79 Å². The number of hydrogen-bond donors (Lipinski definition) is 1. The third-order valence-corrected chi connectivity index (χ3v) is 4.56. The first-order valence-electron chi connectivity index (χ1n) is 6.15. The van der Waals surface area contributed by atoms with Gasteiger partial charge in [-0.1, -0.05) is 19.8 Å². The Labute approximate surface area is 106 Å². The average molecular weight is 253 g/mol. The number of thiophene rings is 1. The number of methoxy groups -OCH3 is 1. The lowest BCUT2D eigenvalue weighted by Crippen LogP contribution is -2.15. The van der Waals surface area contributed by atoms with E-state index in [0.717, 1.165) is 24.3 Å². The van der Waals surface area contributed by atoms with E-state index in [9.17, 15) is 4.79 Å². The molecule has 94 valence electrons. The molecular weight excluding hydrogens is 234 g/mol. The van der Waals surface area contributed by atoms with Crippen LogP contribution in [-0.2, 0) is 17.6 Å². The smallest absolute Gasteiger partial charge is 0.341 e. The fourth-order valence-electron chi connectivity index (χ4n) is 2.66. The molecule has 0 radical (unpaired) electrons. The minimum atomic E-state index is -0.283. The van der Waals surface area contributed by atoms with Gasteiger partial charge in [-0.05, 0) is 30.7 Å². The molecule has 1 unspecified atom stereocenters. The van der Waals surface area contributed by atoms with Crippen LogP contribution in [0.3, 0.4) is 0 Å². The van der Waals surface area contributed by atoms with E-state index >= 15 is 0 Å². The molecule has 0 aromatic carbocycles. The van der Waals surface area contributed by atoms with Gasteiger partial charge in [-0.2, -0.15) is 0 Å². The van der Waals surface area contributed by atoms with Crippen LogP contribution in [0.5, 0.6) is 0 Å². The largest absolute Gasteiger partial charge is 0.465 e. The quantitative estimate of drug-likeness (QED) is 0.842. The summed E-state index contributed by atoms with van der Waals surface area (Å²) in [6.45, 7) is 2.22. The lowest BCUT2D eigenvalue weighted by Gasteiger charge is -2.21. The van der Waals surface area contributed by atoms with Crippen molar-refractivity contribution in [2.75, 3.05) is 12.8 Å². The SMILES string of the molecule is CCCC1CCc2c(sc(N)c2C(=O)OC)C1. The zero-order chi connectivity index (χ0) is 12.4. The van der Waals surface area contributed by atoms with Crippen molar-refractivity contribution in [3.05, 3.63) is 16.0 Å². The molecule has 1 aliphatic carbocycles. The standard InChI is InChI=1S/C13H19NO2S/c1-3-4-8-5-6-9-10(7-8)17-12(14)11(9)13(15)16-2/h8H,3-7,14H2,1-2H3. The molecule has 0 bridgehead atoms. The number of esters is 1. The number of fused-ring (bicyclic) bond motifs is 1. The highest BCUT2D eigenvalue weighted by Gasteiger charge is 2.27. The monoisotopic (exact) mass is 253 g/mol. The summed E-state index contributed by atoms with van der Waals surface area (Å²) < 4.78 is 4.80. The number of carbonyl (C=O) groups excluding carboxylic acids is 1. The van der Waals surface area contributed by atoms with Gasteiger partial charge in [0, 0.05) is 4.88 Å². The minimum Gasteiger partial charge on any atom is -0.465 e. The van der Waals surface area contributed by atoms with Crippen molar-refractivity contribution in [3.63, 3.8) is 0 Å². The molecule has 2 rings (SSSR count). The number of rotatable bonds is 3. The first kappa shape index (κ1) is 12.4. The fourth-order valence-corrected chi connectivity index (χ4v) is 3.88. The maximum atomic E-state index is 11.7. The van der Waals surface area contributed by atoms with Gasteiger partial charge in [-0.15, -0.1) is 11.3 Å². The third kappa shape index (κ3) is 2.32. The van der Waals surface area contributed by atoms with Crippen LogP contribution in [0.4, 0.5) is 5.00 Å². The van der Waals surface area contributed by atoms with Crippen LogP contribution in [-0.4, -0.2) is 13.1 Å². The molecule has 2 N–H and O–H groups in total. The Hall–Kier alpha value is -1.03. The predicted molar refractivity (Wildman–Crippen MR) is 70.5 cm³/mol. The Bertz CT molecular complexity index is 425. The maximum absolute atomic E-state index is 11.7. The van der Waals surface area contributed by atoms with Crippen molar-refractivity contribution < 1.29 is 9.53 Å². The first-order chi connectivity index (χ1) is 8.17. The van der Waals surface area contributed by atoms with E-state index in [1.54, 1.807) is 11.3 Å². The molecule has 0 fully saturated rings. The number of ether oxygens (including phenoxy) is 1. The molecule has 0 aliphatic heterocycles. The molecule has 1 aliphatic rings. The normalized spacial score (nSPS) is 18.8. The zero-order valence-electron chi connectivity index (χ0n) is 10.4. The van der Waals surface area contributed by atoms with E-state index in [-0.39, 0.29) is 5.97 Å². The molecule has 0 saturated heterocycles. The molecule has 1 aromatic rings. The number of nitrogens with two attached hydrogens (primary N) is 1. The number of hydrogen-bond acceptors (Lipinski definition) is 4. The van der Waals surface area contributed by atoms with E-state index < -0.39 is 0 Å². The van der Waals surface area contributed by atoms with Crippen molar-refractivity contribution in [1.29, 1.82) is 0 Å². The van der Waals surface area contributed by atoms with Crippen LogP contribution in [0.2, 0.25) is 0 Å². The van der Waals surface area contributed by atoms with Gasteiger partial charge in [0.2, 0.25) is 0 Å². The summed E-state index contributed by atoms with van der Waals surface area (Å²) in [5.74, 6) is 0.477. The zero-order valence-corrected chi connectivity index (χ0v) is 11.2. The van der Waals surface area contributed by atoms with Crippen LogP contribution in [0.25, 0.3) is 0 Å².